The minimum Gasteiger partial charge on any atom is -0.449 e. The molecule has 1 aliphatic rings. The van der Waals surface area contributed by atoms with Crippen molar-refractivity contribution in [2.45, 2.75) is 27.4 Å². The van der Waals surface area contributed by atoms with E-state index in [0.29, 0.717) is 32.8 Å². The van der Waals surface area contributed by atoms with Crippen molar-refractivity contribution in [3.8, 4) is 0 Å². The molecule has 6 nitrogen and oxygen atoms in total. The van der Waals surface area contributed by atoms with Crippen molar-refractivity contribution in [1.82, 2.24) is 9.88 Å². The Kier molecular flexibility index (Phi) is 5.24. The fraction of sp³-hybridized carbons (Fsp3) is 0.625. The van der Waals surface area contributed by atoms with E-state index >= 15 is 0 Å². The molecule has 6 heteroatoms. The highest BCUT2D eigenvalue weighted by atomic mass is 16.6. The van der Waals surface area contributed by atoms with Gasteiger partial charge in [0.15, 0.2) is 0 Å². The number of aliphatic hydroxyl groups is 1. The summed E-state index contributed by atoms with van der Waals surface area (Å²) in [4.78, 5) is 20.2. The Morgan fingerprint density at radius 2 is 2.00 bits per heavy atom. The molecule has 0 aromatic carbocycles. The minimum absolute atomic E-state index is 0.00855. The molecule has 0 unspecified atom stereocenters. The minimum atomic E-state index is -0.244. The van der Waals surface area contributed by atoms with Gasteiger partial charge < -0.3 is 19.6 Å². The van der Waals surface area contributed by atoms with Gasteiger partial charge in [0, 0.05) is 32.4 Å². The molecular formula is C16H25N3O3. The third kappa shape index (κ3) is 4.59. The predicted molar refractivity (Wildman–Crippen MR) is 84.7 cm³/mol. The SMILES string of the molecule is CC(C)(C)COC(=O)N1CCN(c2cc(CO)ccn2)CC1. The number of aromatic nitrogens is 1. The molecule has 0 bridgehead atoms. The van der Waals surface area contributed by atoms with Gasteiger partial charge in [-0.2, -0.15) is 0 Å². The summed E-state index contributed by atoms with van der Waals surface area (Å²) in [6.45, 7) is 9.22. The lowest BCUT2D eigenvalue weighted by Gasteiger charge is -2.35. The Morgan fingerprint density at radius 1 is 1.32 bits per heavy atom. The number of hydrogen-bond donors (Lipinski definition) is 1. The van der Waals surface area contributed by atoms with E-state index in [2.05, 4.69) is 9.88 Å². The van der Waals surface area contributed by atoms with Crippen molar-refractivity contribution in [3.05, 3.63) is 23.9 Å². The van der Waals surface area contributed by atoms with Crippen LogP contribution < -0.4 is 4.90 Å². The van der Waals surface area contributed by atoms with E-state index in [1.165, 1.54) is 0 Å². The molecule has 0 spiro atoms. The van der Waals surface area contributed by atoms with E-state index in [-0.39, 0.29) is 18.1 Å². The summed E-state index contributed by atoms with van der Waals surface area (Å²) in [6.07, 6.45) is 1.46. The van der Waals surface area contributed by atoms with Crippen molar-refractivity contribution in [1.29, 1.82) is 0 Å². The lowest BCUT2D eigenvalue weighted by Crippen LogP contribution is -2.49. The molecule has 2 rings (SSSR count). The van der Waals surface area contributed by atoms with E-state index in [1.807, 2.05) is 26.8 Å². The summed E-state index contributed by atoms with van der Waals surface area (Å²) in [5.74, 6) is 0.842. The number of hydrogen-bond acceptors (Lipinski definition) is 5. The monoisotopic (exact) mass is 307 g/mol. The second-order valence-corrected chi connectivity index (χ2v) is 6.77. The molecule has 2 heterocycles. The zero-order valence-electron chi connectivity index (χ0n) is 13.6. The number of piperazine rings is 1. The molecular weight excluding hydrogens is 282 g/mol. The van der Waals surface area contributed by atoms with Crippen LogP contribution in [0.1, 0.15) is 26.3 Å². The fourth-order valence-electron chi connectivity index (χ4n) is 2.22. The van der Waals surface area contributed by atoms with Gasteiger partial charge in [-0.25, -0.2) is 9.78 Å². The standard InChI is InChI=1S/C16H25N3O3/c1-16(2,3)12-22-15(21)19-8-6-18(7-9-19)14-10-13(11-20)4-5-17-14/h4-5,10,20H,6-9,11-12H2,1-3H3. The van der Waals surface area contributed by atoms with Crippen LogP contribution in [-0.4, -0.2) is 53.9 Å². The van der Waals surface area contributed by atoms with Crippen LogP contribution in [0.4, 0.5) is 10.6 Å². The van der Waals surface area contributed by atoms with Crippen molar-refractivity contribution in [3.63, 3.8) is 0 Å². The lowest BCUT2D eigenvalue weighted by atomic mass is 9.99. The molecule has 1 aliphatic heterocycles. The van der Waals surface area contributed by atoms with Crippen LogP contribution in [0.5, 0.6) is 0 Å². The van der Waals surface area contributed by atoms with Crippen LogP contribution in [0.3, 0.4) is 0 Å². The fourth-order valence-corrected chi connectivity index (χ4v) is 2.22. The third-order valence-corrected chi connectivity index (χ3v) is 3.48. The third-order valence-electron chi connectivity index (χ3n) is 3.48. The van der Waals surface area contributed by atoms with E-state index in [4.69, 9.17) is 4.74 Å². The Balaban J connectivity index is 1.86. The molecule has 1 amide bonds. The first kappa shape index (κ1) is 16.5. The summed E-state index contributed by atoms with van der Waals surface area (Å²) in [5, 5.41) is 9.18. The van der Waals surface area contributed by atoms with Crippen molar-refractivity contribution in [2.75, 3.05) is 37.7 Å². The first-order chi connectivity index (χ1) is 10.4. The van der Waals surface area contributed by atoms with Gasteiger partial charge in [0.1, 0.15) is 5.82 Å². The van der Waals surface area contributed by atoms with Crippen LogP contribution in [0.25, 0.3) is 0 Å². The van der Waals surface area contributed by atoms with Gasteiger partial charge in [0.25, 0.3) is 0 Å². The van der Waals surface area contributed by atoms with Gasteiger partial charge in [-0.15, -0.1) is 0 Å². The zero-order valence-corrected chi connectivity index (χ0v) is 13.6. The first-order valence-electron chi connectivity index (χ1n) is 7.61. The maximum absolute atomic E-state index is 12.0. The van der Waals surface area contributed by atoms with Gasteiger partial charge in [-0.3, -0.25) is 0 Å². The highest BCUT2D eigenvalue weighted by Crippen LogP contribution is 2.17. The Labute approximate surface area is 131 Å². The molecule has 22 heavy (non-hydrogen) atoms. The summed E-state index contributed by atoms with van der Waals surface area (Å²) in [6, 6.07) is 3.68. The van der Waals surface area contributed by atoms with E-state index in [0.717, 1.165) is 11.4 Å². The van der Waals surface area contributed by atoms with Crippen LogP contribution in [0, 0.1) is 5.41 Å². The Morgan fingerprint density at radius 3 is 2.59 bits per heavy atom. The average Bonchev–Trinajstić information content (AvgIpc) is 2.52. The molecule has 0 radical (unpaired) electrons. The lowest BCUT2D eigenvalue weighted by molar-refractivity contribution is 0.0707. The second kappa shape index (κ2) is 6.96. The molecule has 1 aromatic rings. The maximum Gasteiger partial charge on any atom is 0.409 e. The topological polar surface area (TPSA) is 65.9 Å². The number of rotatable bonds is 3. The number of carbonyl (C=O) groups is 1. The van der Waals surface area contributed by atoms with Crippen molar-refractivity contribution in [2.24, 2.45) is 5.41 Å². The number of nitrogens with zero attached hydrogens (tertiary/aromatic N) is 3. The number of amides is 1. The molecule has 0 aliphatic carbocycles. The Bertz CT molecular complexity index is 506. The second-order valence-electron chi connectivity index (χ2n) is 6.77. The number of aliphatic hydroxyl groups excluding tert-OH is 1. The molecule has 1 aromatic heterocycles. The smallest absolute Gasteiger partial charge is 0.409 e. The quantitative estimate of drug-likeness (QED) is 0.923. The summed E-state index contributed by atoms with van der Waals surface area (Å²) >= 11 is 0. The normalized spacial score (nSPS) is 15.8. The summed E-state index contributed by atoms with van der Waals surface area (Å²) in [7, 11) is 0. The van der Waals surface area contributed by atoms with Gasteiger partial charge >= 0.3 is 6.09 Å². The number of anilines is 1. The molecule has 1 saturated heterocycles. The largest absolute Gasteiger partial charge is 0.449 e. The van der Waals surface area contributed by atoms with Crippen LogP contribution in [0.15, 0.2) is 18.3 Å². The molecule has 1 fully saturated rings. The van der Waals surface area contributed by atoms with Crippen LogP contribution in [-0.2, 0) is 11.3 Å². The van der Waals surface area contributed by atoms with Crippen LogP contribution >= 0.6 is 0 Å². The summed E-state index contributed by atoms with van der Waals surface area (Å²) in [5.41, 5.74) is 0.823. The molecule has 0 atom stereocenters. The van der Waals surface area contributed by atoms with Gasteiger partial charge in [-0.05, 0) is 23.1 Å². The van der Waals surface area contributed by atoms with Crippen molar-refractivity contribution < 1.29 is 14.6 Å². The van der Waals surface area contributed by atoms with E-state index in [1.54, 1.807) is 17.2 Å². The number of carbonyl (C=O) groups excluding carboxylic acids is 1. The molecule has 122 valence electrons. The van der Waals surface area contributed by atoms with E-state index in [9.17, 15) is 9.90 Å². The Hall–Kier alpha value is -1.82. The molecule has 1 N–H and O–H groups in total. The number of pyridine rings is 1. The highest BCUT2D eigenvalue weighted by molar-refractivity contribution is 5.68. The highest BCUT2D eigenvalue weighted by Gasteiger charge is 2.24. The van der Waals surface area contributed by atoms with Gasteiger partial charge in [0.05, 0.1) is 13.2 Å². The van der Waals surface area contributed by atoms with E-state index < -0.39 is 0 Å². The molecule has 0 saturated carbocycles. The van der Waals surface area contributed by atoms with Crippen molar-refractivity contribution >= 4 is 11.9 Å². The summed E-state index contributed by atoms with van der Waals surface area (Å²) < 4.78 is 5.34. The van der Waals surface area contributed by atoms with Crippen LogP contribution in [0.2, 0.25) is 0 Å². The average molecular weight is 307 g/mol. The first-order valence-corrected chi connectivity index (χ1v) is 7.61. The maximum atomic E-state index is 12.0. The predicted octanol–water partition coefficient (Wildman–Crippen LogP) is 1.88. The zero-order chi connectivity index (χ0) is 16.2. The van der Waals surface area contributed by atoms with Gasteiger partial charge in [-0.1, -0.05) is 20.8 Å². The number of ether oxygens (including phenoxy) is 1. The van der Waals surface area contributed by atoms with Gasteiger partial charge in [0.2, 0.25) is 0 Å².